The van der Waals surface area contributed by atoms with Gasteiger partial charge in [-0.2, -0.15) is 0 Å². The Morgan fingerprint density at radius 3 is 2.89 bits per heavy atom. The highest BCUT2D eigenvalue weighted by Crippen LogP contribution is 2.22. The zero-order valence-corrected chi connectivity index (χ0v) is 10.2. The molecule has 0 aliphatic heterocycles. The molecule has 0 bridgehead atoms. The Hall–Kier alpha value is -2.57. The normalized spacial score (nSPS) is 10.4. The zero-order chi connectivity index (χ0) is 13.8. The minimum absolute atomic E-state index is 0.0384. The van der Waals surface area contributed by atoms with Gasteiger partial charge in [-0.15, -0.1) is 0 Å². The van der Waals surface area contributed by atoms with Crippen LogP contribution in [0, 0.1) is 6.92 Å². The van der Waals surface area contributed by atoms with Crippen molar-refractivity contribution in [2.45, 2.75) is 13.3 Å². The molecule has 7 nitrogen and oxygen atoms in total. The maximum absolute atomic E-state index is 11.5. The first-order valence-corrected chi connectivity index (χ1v) is 5.55. The Morgan fingerprint density at radius 1 is 1.47 bits per heavy atom. The predicted molar refractivity (Wildman–Crippen MR) is 63.3 cm³/mol. The SMILES string of the molecule is Cc1oc(-c2ccco2)nc1CC(=O)NCC(=O)O. The van der Waals surface area contributed by atoms with Gasteiger partial charge in [-0.25, -0.2) is 4.98 Å². The van der Waals surface area contributed by atoms with Gasteiger partial charge >= 0.3 is 5.97 Å². The summed E-state index contributed by atoms with van der Waals surface area (Å²) in [7, 11) is 0. The number of carboxylic acids is 1. The maximum Gasteiger partial charge on any atom is 0.322 e. The highest BCUT2D eigenvalue weighted by Gasteiger charge is 2.16. The number of amides is 1. The Morgan fingerprint density at radius 2 is 2.26 bits per heavy atom. The molecule has 0 aliphatic rings. The first-order chi connectivity index (χ1) is 9.06. The van der Waals surface area contributed by atoms with Crippen LogP contribution >= 0.6 is 0 Å². The van der Waals surface area contributed by atoms with Crippen LogP contribution in [0.15, 0.2) is 27.2 Å². The van der Waals surface area contributed by atoms with Crippen LogP contribution in [0.2, 0.25) is 0 Å². The molecule has 0 atom stereocenters. The first kappa shape index (κ1) is 12.9. The Balaban J connectivity index is 2.05. The highest BCUT2D eigenvalue weighted by molar-refractivity contribution is 5.82. The second-order valence-electron chi connectivity index (χ2n) is 3.85. The minimum Gasteiger partial charge on any atom is -0.480 e. The number of nitrogens with zero attached hydrogens (tertiary/aromatic N) is 1. The van der Waals surface area contributed by atoms with Gasteiger partial charge in [-0.3, -0.25) is 9.59 Å². The summed E-state index contributed by atoms with van der Waals surface area (Å²) in [6.07, 6.45) is 1.46. The number of hydrogen-bond acceptors (Lipinski definition) is 5. The van der Waals surface area contributed by atoms with Crippen LogP contribution in [0.5, 0.6) is 0 Å². The Labute approximate surface area is 108 Å². The predicted octanol–water partition coefficient (Wildman–Crippen LogP) is 0.986. The molecular formula is C12H12N2O5. The third-order valence-corrected chi connectivity index (χ3v) is 2.39. The van der Waals surface area contributed by atoms with E-state index in [1.54, 1.807) is 19.1 Å². The second-order valence-corrected chi connectivity index (χ2v) is 3.85. The average molecular weight is 264 g/mol. The second kappa shape index (κ2) is 5.38. The van der Waals surface area contributed by atoms with Crippen LogP contribution < -0.4 is 5.32 Å². The average Bonchev–Trinajstić information content (AvgIpc) is 2.97. The molecule has 0 aromatic carbocycles. The summed E-state index contributed by atoms with van der Waals surface area (Å²) in [5.74, 6) is -0.257. The quantitative estimate of drug-likeness (QED) is 0.834. The number of carbonyl (C=O) groups excluding carboxylic acids is 1. The van der Waals surface area contributed by atoms with Crippen molar-refractivity contribution in [3.8, 4) is 11.7 Å². The van der Waals surface area contributed by atoms with E-state index in [9.17, 15) is 9.59 Å². The molecule has 2 aromatic heterocycles. The van der Waals surface area contributed by atoms with Crippen LogP contribution in [-0.2, 0) is 16.0 Å². The molecule has 0 saturated heterocycles. The summed E-state index contributed by atoms with van der Waals surface area (Å²) in [4.78, 5) is 26.0. The summed E-state index contributed by atoms with van der Waals surface area (Å²) >= 11 is 0. The number of hydrogen-bond donors (Lipinski definition) is 2. The van der Waals surface area contributed by atoms with Crippen LogP contribution in [0.3, 0.4) is 0 Å². The fraction of sp³-hybridized carbons (Fsp3) is 0.250. The van der Waals surface area contributed by atoms with E-state index in [2.05, 4.69) is 10.3 Å². The lowest BCUT2D eigenvalue weighted by Crippen LogP contribution is -2.30. The largest absolute Gasteiger partial charge is 0.480 e. The number of aliphatic carboxylic acids is 1. The van der Waals surface area contributed by atoms with Crippen LogP contribution in [0.25, 0.3) is 11.7 Å². The van der Waals surface area contributed by atoms with Crippen molar-refractivity contribution in [2.24, 2.45) is 0 Å². The van der Waals surface area contributed by atoms with E-state index >= 15 is 0 Å². The van der Waals surface area contributed by atoms with E-state index in [0.29, 0.717) is 23.1 Å². The van der Waals surface area contributed by atoms with Gasteiger partial charge in [0.05, 0.1) is 18.4 Å². The standard InChI is InChI=1S/C12H12N2O5/c1-7-8(5-10(15)13-6-11(16)17)14-12(19-7)9-3-2-4-18-9/h2-4H,5-6H2,1H3,(H,13,15)(H,16,17). The molecule has 0 radical (unpaired) electrons. The molecule has 0 spiro atoms. The molecule has 2 heterocycles. The van der Waals surface area contributed by atoms with Gasteiger partial charge in [-0.05, 0) is 19.1 Å². The third-order valence-electron chi connectivity index (χ3n) is 2.39. The summed E-state index contributed by atoms with van der Waals surface area (Å²) < 4.78 is 10.5. The van der Waals surface area contributed by atoms with Gasteiger partial charge in [0, 0.05) is 0 Å². The van der Waals surface area contributed by atoms with Crippen molar-refractivity contribution in [1.82, 2.24) is 10.3 Å². The lowest BCUT2D eigenvalue weighted by molar-refractivity contribution is -0.137. The number of oxazole rings is 1. The molecular weight excluding hydrogens is 252 g/mol. The van der Waals surface area contributed by atoms with E-state index in [1.807, 2.05) is 0 Å². The number of furan rings is 1. The zero-order valence-electron chi connectivity index (χ0n) is 10.2. The Kier molecular flexibility index (Phi) is 3.65. The van der Waals surface area contributed by atoms with Gasteiger partial charge in [0.25, 0.3) is 5.89 Å². The third kappa shape index (κ3) is 3.21. The molecule has 0 saturated carbocycles. The fourth-order valence-corrected chi connectivity index (χ4v) is 1.49. The fourth-order valence-electron chi connectivity index (χ4n) is 1.49. The first-order valence-electron chi connectivity index (χ1n) is 5.55. The number of aromatic nitrogens is 1. The molecule has 100 valence electrons. The molecule has 2 rings (SSSR count). The van der Waals surface area contributed by atoms with Gasteiger partial charge < -0.3 is 19.3 Å². The molecule has 7 heteroatoms. The van der Waals surface area contributed by atoms with E-state index in [-0.39, 0.29) is 6.42 Å². The molecule has 2 N–H and O–H groups in total. The monoisotopic (exact) mass is 264 g/mol. The summed E-state index contributed by atoms with van der Waals surface area (Å²) in [6.45, 7) is 1.26. The smallest absolute Gasteiger partial charge is 0.322 e. The summed E-state index contributed by atoms with van der Waals surface area (Å²) in [5, 5.41) is 10.7. The van der Waals surface area contributed by atoms with Crippen molar-refractivity contribution in [1.29, 1.82) is 0 Å². The van der Waals surface area contributed by atoms with Crippen LogP contribution in [0.1, 0.15) is 11.5 Å². The Bertz CT molecular complexity index is 585. The minimum atomic E-state index is -1.10. The lowest BCUT2D eigenvalue weighted by atomic mass is 10.2. The molecule has 0 aliphatic carbocycles. The number of carboxylic acid groups (broad SMARTS) is 1. The molecule has 2 aromatic rings. The molecule has 1 amide bonds. The maximum atomic E-state index is 11.5. The molecule has 19 heavy (non-hydrogen) atoms. The summed E-state index contributed by atoms with van der Waals surface area (Å²) in [5.41, 5.74) is 0.453. The lowest BCUT2D eigenvalue weighted by Gasteiger charge is -1.99. The van der Waals surface area contributed by atoms with Crippen molar-refractivity contribution in [3.05, 3.63) is 29.9 Å². The van der Waals surface area contributed by atoms with Crippen LogP contribution in [-0.4, -0.2) is 28.5 Å². The molecule has 0 fully saturated rings. The van der Waals surface area contributed by atoms with Crippen molar-refractivity contribution < 1.29 is 23.5 Å². The highest BCUT2D eigenvalue weighted by atomic mass is 16.4. The van der Waals surface area contributed by atoms with Crippen molar-refractivity contribution in [3.63, 3.8) is 0 Å². The summed E-state index contributed by atoms with van der Waals surface area (Å²) in [6, 6.07) is 3.40. The van der Waals surface area contributed by atoms with E-state index in [4.69, 9.17) is 13.9 Å². The van der Waals surface area contributed by atoms with E-state index < -0.39 is 18.4 Å². The number of rotatable bonds is 5. The van der Waals surface area contributed by atoms with E-state index in [0.717, 1.165) is 0 Å². The van der Waals surface area contributed by atoms with Crippen molar-refractivity contribution >= 4 is 11.9 Å². The molecule has 0 unspecified atom stereocenters. The van der Waals surface area contributed by atoms with Gasteiger partial charge in [0.1, 0.15) is 12.3 Å². The number of carbonyl (C=O) groups is 2. The van der Waals surface area contributed by atoms with Crippen LogP contribution in [0.4, 0.5) is 0 Å². The number of nitrogens with one attached hydrogen (secondary N) is 1. The van der Waals surface area contributed by atoms with E-state index in [1.165, 1.54) is 6.26 Å². The topological polar surface area (TPSA) is 106 Å². The van der Waals surface area contributed by atoms with Gasteiger partial charge in [-0.1, -0.05) is 0 Å². The number of aryl methyl sites for hydroxylation is 1. The van der Waals surface area contributed by atoms with Crippen molar-refractivity contribution in [2.75, 3.05) is 6.54 Å². The van der Waals surface area contributed by atoms with Gasteiger partial charge in [0.15, 0.2) is 5.76 Å². The van der Waals surface area contributed by atoms with Gasteiger partial charge in [0.2, 0.25) is 5.91 Å².